The van der Waals surface area contributed by atoms with Crippen molar-refractivity contribution < 1.29 is 15.0 Å². The number of hydrogen-bond acceptors (Lipinski definition) is 3. The Morgan fingerprint density at radius 3 is 2.70 bits per heavy atom. The Kier molecular flexibility index (Phi) is 10.6. The highest BCUT2D eigenvalue weighted by molar-refractivity contribution is 6.07. The Balaban J connectivity index is 2.40. The molecule has 2 atom stereocenters. The van der Waals surface area contributed by atoms with Gasteiger partial charge in [0, 0.05) is 18.1 Å². The largest absolute Gasteiger partial charge is 0.396 e. The maximum atomic E-state index is 11.9. The minimum atomic E-state index is -0.412. The van der Waals surface area contributed by atoms with E-state index in [1.165, 1.54) is 0 Å². The number of ketones is 1. The molecule has 0 radical (unpaired) electrons. The van der Waals surface area contributed by atoms with Crippen LogP contribution in [0.4, 0.5) is 0 Å². The van der Waals surface area contributed by atoms with Crippen molar-refractivity contribution in [3.63, 3.8) is 0 Å². The lowest BCUT2D eigenvalue weighted by molar-refractivity contribution is -0.111. The summed E-state index contributed by atoms with van der Waals surface area (Å²) in [6, 6.07) is 0. The van der Waals surface area contributed by atoms with Crippen molar-refractivity contribution in [3.8, 4) is 0 Å². The van der Waals surface area contributed by atoms with E-state index in [2.05, 4.69) is 6.92 Å². The van der Waals surface area contributed by atoms with Crippen LogP contribution in [-0.2, 0) is 4.79 Å². The first-order chi connectivity index (χ1) is 11.2. The molecule has 130 valence electrons. The smallest absolute Gasteiger partial charge is 0.182 e. The Labute approximate surface area is 140 Å². The zero-order chi connectivity index (χ0) is 16.9. The van der Waals surface area contributed by atoms with Crippen molar-refractivity contribution >= 4 is 5.78 Å². The van der Waals surface area contributed by atoms with Crippen LogP contribution in [0, 0.1) is 5.92 Å². The predicted octanol–water partition coefficient (Wildman–Crippen LogP) is 4.11. The molecule has 0 aromatic heterocycles. The van der Waals surface area contributed by atoms with Crippen molar-refractivity contribution in [2.24, 2.45) is 5.92 Å². The van der Waals surface area contributed by atoms with E-state index in [9.17, 15) is 9.90 Å². The Hall–Kier alpha value is -1.19. The quantitative estimate of drug-likeness (QED) is 0.323. The number of allylic oxidation sites excluding steroid dienone is 5. The van der Waals surface area contributed by atoms with Gasteiger partial charge in [-0.15, -0.1) is 0 Å². The first kappa shape index (κ1) is 19.9. The molecule has 0 spiro atoms. The van der Waals surface area contributed by atoms with Crippen LogP contribution in [0.25, 0.3) is 0 Å². The minimum Gasteiger partial charge on any atom is -0.396 e. The highest BCUT2D eigenvalue weighted by Gasteiger charge is 2.20. The van der Waals surface area contributed by atoms with Crippen LogP contribution in [0.1, 0.15) is 64.7 Å². The fraction of sp³-hybridized carbons (Fsp3) is 0.650. The van der Waals surface area contributed by atoms with Gasteiger partial charge >= 0.3 is 0 Å². The molecule has 0 aromatic rings. The van der Waals surface area contributed by atoms with Crippen LogP contribution in [0.15, 0.2) is 36.0 Å². The summed E-state index contributed by atoms with van der Waals surface area (Å²) in [6.45, 7) is 2.41. The molecule has 1 aliphatic rings. The SMILES string of the molecule is CCCCCC(O)C=CC1C=CC(=O)C1=CCCCCCCO. The van der Waals surface area contributed by atoms with Crippen molar-refractivity contribution in [2.75, 3.05) is 6.61 Å². The topological polar surface area (TPSA) is 57.5 Å². The van der Waals surface area contributed by atoms with E-state index in [1.54, 1.807) is 6.08 Å². The van der Waals surface area contributed by atoms with Gasteiger partial charge in [-0.3, -0.25) is 4.79 Å². The third-order valence-electron chi connectivity index (χ3n) is 4.22. The summed E-state index contributed by atoms with van der Waals surface area (Å²) in [7, 11) is 0. The molecule has 23 heavy (non-hydrogen) atoms. The molecule has 0 saturated heterocycles. The summed E-state index contributed by atoms with van der Waals surface area (Å²) >= 11 is 0. The molecule has 1 rings (SSSR count). The molecule has 0 aromatic carbocycles. The summed E-state index contributed by atoms with van der Waals surface area (Å²) in [5, 5.41) is 18.7. The lowest BCUT2D eigenvalue weighted by Crippen LogP contribution is -2.05. The average molecular weight is 320 g/mol. The van der Waals surface area contributed by atoms with Crippen molar-refractivity contribution in [1.29, 1.82) is 0 Å². The Bertz CT molecular complexity index is 421. The zero-order valence-corrected chi connectivity index (χ0v) is 14.4. The summed E-state index contributed by atoms with van der Waals surface area (Å²) in [6.07, 6.45) is 18.0. The van der Waals surface area contributed by atoms with Crippen LogP contribution in [0.2, 0.25) is 0 Å². The molecule has 0 fully saturated rings. The number of carbonyl (C=O) groups is 1. The summed E-state index contributed by atoms with van der Waals surface area (Å²) in [4.78, 5) is 11.9. The third-order valence-corrected chi connectivity index (χ3v) is 4.22. The molecule has 0 saturated carbocycles. The van der Waals surface area contributed by atoms with Gasteiger partial charge in [-0.05, 0) is 31.8 Å². The molecule has 0 bridgehead atoms. The molecule has 0 aliphatic heterocycles. The van der Waals surface area contributed by atoms with Gasteiger partial charge in [0.15, 0.2) is 5.78 Å². The second-order valence-corrected chi connectivity index (χ2v) is 6.28. The van der Waals surface area contributed by atoms with Crippen molar-refractivity contribution in [1.82, 2.24) is 0 Å². The van der Waals surface area contributed by atoms with Crippen LogP contribution >= 0.6 is 0 Å². The fourth-order valence-corrected chi connectivity index (χ4v) is 2.77. The van der Waals surface area contributed by atoms with Crippen LogP contribution in [0.3, 0.4) is 0 Å². The highest BCUT2D eigenvalue weighted by Crippen LogP contribution is 2.24. The van der Waals surface area contributed by atoms with E-state index in [1.807, 2.05) is 24.3 Å². The van der Waals surface area contributed by atoms with E-state index < -0.39 is 6.10 Å². The summed E-state index contributed by atoms with van der Waals surface area (Å²) < 4.78 is 0. The molecule has 1 aliphatic carbocycles. The number of unbranched alkanes of at least 4 members (excludes halogenated alkanes) is 6. The van der Waals surface area contributed by atoms with Gasteiger partial charge in [-0.25, -0.2) is 0 Å². The maximum absolute atomic E-state index is 11.9. The van der Waals surface area contributed by atoms with Gasteiger partial charge in [0.1, 0.15) is 0 Å². The van der Waals surface area contributed by atoms with E-state index in [-0.39, 0.29) is 18.3 Å². The second-order valence-electron chi connectivity index (χ2n) is 6.28. The number of rotatable bonds is 12. The van der Waals surface area contributed by atoms with Gasteiger partial charge in [0.2, 0.25) is 0 Å². The zero-order valence-electron chi connectivity index (χ0n) is 14.4. The normalized spacial score (nSPS) is 20.9. The maximum Gasteiger partial charge on any atom is 0.182 e. The van der Waals surface area contributed by atoms with Crippen LogP contribution in [0.5, 0.6) is 0 Å². The number of aliphatic hydroxyl groups is 2. The van der Waals surface area contributed by atoms with Gasteiger partial charge in [-0.1, -0.05) is 63.3 Å². The third kappa shape index (κ3) is 8.29. The molecule has 0 amide bonds. The monoisotopic (exact) mass is 320 g/mol. The lowest BCUT2D eigenvalue weighted by Gasteiger charge is -2.08. The number of hydrogen-bond donors (Lipinski definition) is 2. The van der Waals surface area contributed by atoms with Gasteiger partial charge in [-0.2, -0.15) is 0 Å². The van der Waals surface area contributed by atoms with E-state index in [0.29, 0.717) is 0 Å². The first-order valence-electron chi connectivity index (χ1n) is 9.08. The molecule has 2 unspecified atom stereocenters. The molecular weight excluding hydrogens is 288 g/mol. The van der Waals surface area contributed by atoms with Gasteiger partial charge in [0.25, 0.3) is 0 Å². The summed E-state index contributed by atoms with van der Waals surface area (Å²) in [5.74, 6) is 0.108. The number of aliphatic hydroxyl groups excluding tert-OH is 2. The fourth-order valence-electron chi connectivity index (χ4n) is 2.77. The Morgan fingerprint density at radius 2 is 1.96 bits per heavy atom. The van der Waals surface area contributed by atoms with Crippen LogP contribution in [-0.4, -0.2) is 28.7 Å². The second kappa shape index (κ2) is 12.3. The average Bonchev–Trinajstić information content (AvgIpc) is 2.89. The highest BCUT2D eigenvalue weighted by atomic mass is 16.3. The van der Waals surface area contributed by atoms with Crippen LogP contribution < -0.4 is 0 Å². The van der Waals surface area contributed by atoms with E-state index in [4.69, 9.17) is 5.11 Å². The summed E-state index contributed by atoms with van der Waals surface area (Å²) in [5.41, 5.74) is 0.837. The lowest BCUT2D eigenvalue weighted by atomic mass is 9.98. The first-order valence-corrected chi connectivity index (χ1v) is 9.08. The number of carbonyl (C=O) groups excluding carboxylic acids is 1. The molecule has 0 heterocycles. The molecule has 3 heteroatoms. The predicted molar refractivity (Wildman–Crippen MR) is 95.2 cm³/mol. The standard InChI is InChI=1S/C20H32O3/c1-2-3-7-10-18(22)14-12-17-13-15-20(23)19(17)11-8-5-4-6-9-16-21/h11-15,17-18,21-22H,2-10,16H2,1H3. The van der Waals surface area contributed by atoms with E-state index >= 15 is 0 Å². The van der Waals surface area contributed by atoms with Crippen molar-refractivity contribution in [2.45, 2.75) is 70.8 Å². The minimum absolute atomic E-state index is 0.0146. The van der Waals surface area contributed by atoms with E-state index in [0.717, 1.165) is 63.4 Å². The van der Waals surface area contributed by atoms with Crippen molar-refractivity contribution in [3.05, 3.63) is 36.0 Å². The van der Waals surface area contributed by atoms with Gasteiger partial charge < -0.3 is 10.2 Å². The molecule has 2 N–H and O–H groups in total. The molecule has 3 nitrogen and oxygen atoms in total. The Morgan fingerprint density at radius 1 is 1.17 bits per heavy atom. The van der Waals surface area contributed by atoms with Gasteiger partial charge in [0.05, 0.1) is 6.10 Å². The molecular formula is C20H32O3.